The number of alkyl halides is 2. The predicted molar refractivity (Wildman–Crippen MR) is 441 cm³/mol. The van der Waals surface area contributed by atoms with Gasteiger partial charge in [-0.3, -0.25) is 42.2 Å². The molecule has 15 nitrogen and oxygen atoms in total. The van der Waals surface area contributed by atoms with Crippen LogP contribution >= 0.6 is 11.8 Å². The van der Waals surface area contributed by atoms with Crippen molar-refractivity contribution in [1.82, 2.24) is 48.2 Å². The highest BCUT2D eigenvalue weighted by Crippen LogP contribution is 2.46. The van der Waals surface area contributed by atoms with Crippen molar-refractivity contribution >= 4 is 11.8 Å². The van der Waals surface area contributed by atoms with Crippen LogP contribution in [-0.4, -0.2) is 59.8 Å². The van der Waals surface area contributed by atoms with Gasteiger partial charge in [-0.15, -0.1) is 0 Å². The number of rotatable bonds is 8. The lowest BCUT2D eigenvalue weighted by atomic mass is 9.72. The van der Waals surface area contributed by atoms with E-state index in [-0.39, 0.29) is 67.7 Å². The summed E-state index contributed by atoms with van der Waals surface area (Å²) in [5, 5.41) is 0.713. The summed E-state index contributed by atoms with van der Waals surface area (Å²) >= 11 is 1.57. The minimum atomic E-state index is -2.78. The summed E-state index contributed by atoms with van der Waals surface area (Å²) in [6.07, 6.45) is 7.08. The highest BCUT2D eigenvalue weighted by molar-refractivity contribution is 7.99. The lowest BCUT2D eigenvalue weighted by molar-refractivity contribution is 0.0125. The molecule has 0 aliphatic heterocycles. The molecule has 109 heavy (non-hydrogen) atoms. The smallest absolute Gasteiger partial charge is 0.257 e. The Morgan fingerprint density at radius 2 is 0.679 bits per heavy atom. The van der Waals surface area contributed by atoms with E-state index in [9.17, 15) is 32.8 Å². The van der Waals surface area contributed by atoms with E-state index < -0.39 is 5.92 Å². The quantitative estimate of drug-likeness (QED) is 0.113. The Labute approximate surface area is 645 Å². The largest absolute Gasteiger partial charge is 0.301 e. The molecule has 0 saturated carbocycles. The Hall–Kier alpha value is -9.29. The Kier molecular flexibility index (Phi) is 22.3. The minimum Gasteiger partial charge on any atom is -0.301 e. The molecule has 0 unspecified atom stereocenters. The number of halogens is 2. The third kappa shape index (κ3) is 16.1. The number of aryl methyl sites for hydroxylation is 9. The van der Waals surface area contributed by atoms with Gasteiger partial charge in [-0.2, -0.15) is 0 Å². The fourth-order valence-electron chi connectivity index (χ4n) is 16.8. The topological polar surface area (TPSA) is 185 Å². The number of thioether (sulfide) groups is 1. The fourth-order valence-corrected chi connectivity index (χ4v) is 17.4. The number of hydrogen-bond donors (Lipinski definition) is 1. The van der Waals surface area contributed by atoms with Gasteiger partial charge in [0.15, 0.2) is 5.16 Å². The molecule has 0 atom stereocenters. The summed E-state index contributed by atoms with van der Waals surface area (Å²) in [5.74, 6) is 0.957. The molecule has 0 spiro atoms. The van der Waals surface area contributed by atoms with Gasteiger partial charge in [0.2, 0.25) is 5.92 Å². The van der Waals surface area contributed by atoms with E-state index in [4.69, 9.17) is 19.9 Å². The van der Waals surface area contributed by atoms with Crippen molar-refractivity contribution in [2.75, 3.05) is 5.75 Å². The summed E-state index contributed by atoms with van der Waals surface area (Å²) in [6, 6.07) is 31.8. The maximum Gasteiger partial charge on any atom is 0.257 e. The van der Waals surface area contributed by atoms with Crippen LogP contribution in [0.3, 0.4) is 0 Å². The van der Waals surface area contributed by atoms with Crippen molar-refractivity contribution in [3.63, 3.8) is 0 Å². The second kappa shape index (κ2) is 30.2. The lowest BCUT2D eigenvalue weighted by Crippen LogP contribution is -2.38. The first kappa shape index (κ1) is 80.7. The molecule has 1 N–H and O–H groups in total. The maximum absolute atomic E-state index is 13.3. The normalized spacial score (nSPS) is 15.5. The molecule has 5 aliphatic rings. The van der Waals surface area contributed by atoms with Crippen LogP contribution in [0.25, 0.3) is 56.3 Å². The molecule has 10 aromatic rings. The van der Waals surface area contributed by atoms with E-state index in [1.165, 1.54) is 49.1 Å². The van der Waals surface area contributed by atoms with Crippen molar-refractivity contribution in [2.45, 2.75) is 241 Å². The number of aromatic nitrogens is 10. The van der Waals surface area contributed by atoms with Gasteiger partial charge in [0.05, 0.1) is 28.5 Å². The van der Waals surface area contributed by atoms with Crippen LogP contribution in [0.4, 0.5) is 8.78 Å². The molecule has 0 bridgehead atoms. The van der Waals surface area contributed by atoms with E-state index in [1.54, 1.807) is 46.6 Å². The number of nitrogens with zero attached hydrogens (tertiary/aromatic N) is 9. The Morgan fingerprint density at radius 1 is 0.404 bits per heavy atom. The van der Waals surface area contributed by atoms with E-state index in [2.05, 4.69) is 186 Å². The van der Waals surface area contributed by atoms with Crippen molar-refractivity contribution in [1.29, 1.82) is 0 Å². The summed E-state index contributed by atoms with van der Waals surface area (Å²) in [6.45, 7) is 40.5. The molecule has 18 heteroatoms. The molecule has 5 aromatic carbocycles. The fraction of sp³-hybridized carbons (Fsp3) is 0.451. The van der Waals surface area contributed by atoms with E-state index in [0.717, 1.165) is 165 Å². The Balaban J connectivity index is 0.000000136. The van der Waals surface area contributed by atoms with Gasteiger partial charge >= 0.3 is 0 Å². The van der Waals surface area contributed by atoms with Crippen molar-refractivity contribution in [3.05, 3.63) is 250 Å². The Morgan fingerprint density at radius 3 is 0.972 bits per heavy atom. The summed E-state index contributed by atoms with van der Waals surface area (Å²) in [5.41, 5.74) is 25.3. The molecule has 0 fully saturated rings. The first-order valence-electron chi connectivity index (χ1n) is 38.4. The molecule has 15 rings (SSSR count). The monoisotopic (exact) mass is 1490 g/mol. The van der Waals surface area contributed by atoms with Crippen molar-refractivity contribution in [3.8, 4) is 56.3 Å². The number of hydrogen-bond acceptors (Lipinski definition) is 11. The Bertz CT molecular complexity index is 5470. The van der Waals surface area contributed by atoms with Crippen LogP contribution in [0.2, 0.25) is 0 Å². The average Bonchev–Trinajstić information content (AvgIpc) is 0.777. The van der Waals surface area contributed by atoms with Crippen LogP contribution in [-0.2, 0) is 100 Å². The third-order valence-corrected chi connectivity index (χ3v) is 23.4. The van der Waals surface area contributed by atoms with Crippen LogP contribution in [0.15, 0.2) is 120 Å². The molecule has 0 radical (unpaired) electrons. The first-order valence-corrected chi connectivity index (χ1v) is 39.4. The van der Waals surface area contributed by atoms with E-state index >= 15 is 0 Å². The zero-order valence-corrected chi connectivity index (χ0v) is 69.5. The lowest BCUT2D eigenvalue weighted by Gasteiger charge is -2.33. The van der Waals surface area contributed by atoms with Crippen LogP contribution in [0.1, 0.15) is 216 Å². The van der Waals surface area contributed by atoms with Crippen molar-refractivity contribution < 1.29 is 8.78 Å². The van der Waals surface area contributed by atoms with Gasteiger partial charge in [0.25, 0.3) is 27.8 Å². The standard InChI is InChI=1S/C20H24F2N2O.C20H26N2O.C17H20N2OS.2C17H20N2O/c1-12-6-7-14-13(10-12)11-19(2,3)16-17(14)23-15(24(5)18(16)25)8-9-20(4,21)22;1-6-7-8-16-21-18-15-10-9-13(2)11-14(15)12-20(3,4)17(18)19(23)22(16)5;1-5-21-16-18-14-12-7-6-10(2)8-11(12)9-17(3,4)13(14)15(20)19-16;2*1-10-6-7-13-12(8-10)9-17(3,4)14-15(13)18-11(2)19(5)16(14)20/h6-7,10H,8-9,11H2,1-5H3;9-11H,6-8,12H2,1-5H3;6-8H,5,9H2,1-4H3,(H,18,19,20);2*6-8H,9H2,1-5H3. The molecule has 5 aromatic heterocycles. The van der Waals surface area contributed by atoms with Crippen LogP contribution in [0, 0.1) is 48.5 Å². The molecular weight excluding hydrogens is 1380 g/mol. The highest BCUT2D eigenvalue weighted by Gasteiger charge is 2.41. The SMILES string of the molecule is CCCCc1nc2c(c(=O)n1C)C(C)(C)Cc1cc(C)ccc1-2.CCSc1nc2c(c(=O)[nH]1)C(C)(C)Cc1cc(C)ccc1-2.Cc1ccc2c(c1)CC(C)(C)c1c-2nc(C)n(C)c1=O.Cc1ccc2c(c1)CC(C)(C)c1c-2nc(C)n(C)c1=O.Cc1ccc2c(c1)CC(C)(C)c1c-2nc(CCC(C)(F)F)n(C)c1=O. The summed E-state index contributed by atoms with van der Waals surface area (Å²) in [7, 11) is 7.08. The van der Waals surface area contributed by atoms with E-state index in [1.807, 2.05) is 53.8 Å². The summed E-state index contributed by atoms with van der Waals surface area (Å²) < 4.78 is 33.0. The number of aromatic amines is 1. The van der Waals surface area contributed by atoms with Crippen LogP contribution in [0.5, 0.6) is 0 Å². The van der Waals surface area contributed by atoms with Gasteiger partial charge in [0, 0.05) is 130 Å². The zero-order valence-electron chi connectivity index (χ0n) is 68.7. The predicted octanol–water partition coefficient (Wildman–Crippen LogP) is 17.6. The molecule has 5 heterocycles. The number of benzene rings is 5. The van der Waals surface area contributed by atoms with Crippen LogP contribution < -0.4 is 27.8 Å². The van der Waals surface area contributed by atoms with Gasteiger partial charge in [-0.05, 0) is 127 Å². The number of H-pyrrole nitrogens is 1. The third-order valence-electron chi connectivity index (χ3n) is 22.6. The number of fused-ring (bicyclic) bond motifs is 15. The zero-order chi connectivity index (χ0) is 79.9. The number of nitrogens with one attached hydrogen (secondary N) is 1. The molecule has 5 aliphatic carbocycles. The van der Waals surface area contributed by atoms with Gasteiger partial charge in [0.1, 0.15) is 23.3 Å². The molecule has 0 amide bonds. The van der Waals surface area contributed by atoms with Gasteiger partial charge in [-0.25, -0.2) is 33.7 Å². The molecule has 574 valence electrons. The second-order valence-electron chi connectivity index (χ2n) is 34.5. The number of unbranched alkanes of at least 4 members (excludes halogenated alkanes) is 1. The van der Waals surface area contributed by atoms with E-state index in [0.29, 0.717) is 22.2 Å². The molecule has 0 saturated heterocycles. The first-order chi connectivity index (χ1) is 50.9. The maximum atomic E-state index is 13.3. The van der Waals surface area contributed by atoms with Crippen molar-refractivity contribution in [2.24, 2.45) is 28.2 Å². The minimum absolute atomic E-state index is 0.00664. The second-order valence-corrected chi connectivity index (χ2v) is 35.8. The summed E-state index contributed by atoms with van der Waals surface area (Å²) in [4.78, 5) is 90.5. The van der Waals surface area contributed by atoms with Gasteiger partial charge < -0.3 is 4.98 Å². The molecular formula is C91H110F2N10O5S. The van der Waals surface area contributed by atoms with Gasteiger partial charge in [-0.1, -0.05) is 220 Å². The highest BCUT2D eigenvalue weighted by atomic mass is 32.2. The average molecular weight is 1490 g/mol.